The second-order valence-corrected chi connectivity index (χ2v) is 5.45. The van der Waals surface area contributed by atoms with Gasteiger partial charge >= 0.3 is 0 Å². The van der Waals surface area contributed by atoms with Gasteiger partial charge in [-0.15, -0.1) is 0 Å². The van der Waals surface area contributed by atoms with E-state index in [1.54, 1.807) is 24.1 Å². The van der Waals surface area contributed by atoms with Gasteiger partial charge in [-0.25, -0.2) is 4.98 Å². The summed E-state index contributed by atoms with van der Waals surface area (Å²) in [5.41, 5.74) is 1.48. The Morgan fingerprint density at radius 2 is 2.24 bits per heavy atom. The van der Waals surface area contributed by atoms with Gasteiger partial charge in [-0.05, 0) is 12.1 Å². The van der Waals surface area contributed by atoms with Gasteiger partial charge in [0.05, 0.1) is 6.61 Å². The second kappa shape index (κ2) is 5.71. The molecular formula is C14H15N3O3S. The number of hydrogen-bond acceptors (Lipinski definition) is 6. The highest BCUT2D eigenvalue weighted by Crippen LogP contribution is 2.41. The summed E-state index contributed by atoms with van der Waals surface area (Å²) in [5, 5.41) is 11.1. The predicted molar refractivity (Wildman–Crippen MR) is 80.9 cm³/mol. The minimum absolute atomic E-state index is 0.0648. The Hall–Kier alpha value is -2.12. The molecule has 3 heterocycles. The fraction of sp³-hybridized carbons (Fsp3) is 0.286. The molecule has 0 aliphatic carbocycles. The van der Waals surface area contributed by atoms with Crippen LogP contribution in [0.1, 0.15) is 0 Å². The molecule has 0 aliphatic heterocycles. The average Bonchev–Trinajstić information content (AvgIpc) is 3.04. The highest BCUT2D eigenvalue weighted by molar-refractivity contribution is 7.21. The van der Waals surface area contributed by atoms with Crippen LogP contribution in [0.4, 0.5) is 0 Å². The van der Waals surface area contributed by atoms with E-state index in [4.69, 9.17) is 9.47 Å². The van der Waals surface area contributed by atoms with E-state index in [1.165, 1.54) is 11.3 Å². The van der Waals surface area contributed by atoms with Gasteiger partial charge in [0.15, 0.2) is 0 Å². The third-order valence-corrected chi connectivity index (χ3v) is 4.26. The number of pyridine rings is 1. The number of aromatic nitrogens is 3. The number of aromatic hydroxyl groups is 1. The molecule has 3 aromatic heterocycles. The molecule has 0 aromatic carbocycles. The standard InChI is InChI=1S/C14H15N3O3S/c1-17-13(20-7-6-19-2)11(18)10-14(17)21-12(16-10)9-4-3-5-15-8-9/h3-5,8,18H,6-7H2,1-2H3. The van der Waals surface area contributed by atoms with Gasteiger partial charge < -0.3 is 19.1 Å². The molecule has 0 unspecified atom stereocenters. The van der Waals surface area contributed by atoms with Gasteiger partial charge in [0.1, 0.15) is 22.0 Å². The quantitative estimate of drug-likeness (QED) is 0.733. The van der Waals surface area contributed by atoms with Crippen LogP contribution in [-0.2, 0) is 11.8 Å². The Kier molecular flexibility index (Phi) is 3.76. The Balaban J connectivity index is 1.99. The highest BCUT2D eigenvalue weighted by Gasteiger charge is 2.20. The number of ether oxygens (including phenoxy) is 2. The molecule has 7 heteroatoms. The third kappa shape index (κ3) is 2.45. The first-order valence-corrected chi connectivity index (χ1v) is 7.24. The molecule has 110 valence electrons. The first-order valence-electron chi connectivity index (χ1n) is 6.42. The zero-order chi connectivity index (χ0) is 14.8. The minimum Gasteiger partial charge on any atom is -0.502 e. The van der Waals surface area contributed by atoms with Crippen LogP contribution < -0.4 is 4.74 Å². The smallest absolute Gasteiger partial charge is 0.240 e. The topological polar surface area (TPSA) is 69.4 Å². The van der Waals surface area contributed by atoms with Crippen LogP contribution in [0.3, 0.4) is 0 Å². The van der Waals surface area contributed by atoms with Crippen molar-refractivity contribution in [2.45, 2.75) is 0 Å². The highest BCUT2D eigenvalue weighted by atomic mass is 32.1. The fourth-order valence-electron chi connectivity index (χ4n) is 2.05. The van der Waals surface area contributed by atoms with Crippen LogP contribution >= 0.6 is 11.3 Å². The van der Waals surface area contributed by atoms with E-state index in [1.807, 2.05) is 19.2 Å². The van der Waals surface area contributed by atoms with Crippen molar-refractivity contribution in [1.29, 1.82) is 0 Å². The summed E-state index contributed by atoms with van der Waals surface area (Å²) in [6.45, 7) is 0.845. The lowest BCUT2D eigenvalue weighted by Gasteiger charge is -2.06. The Bertz CT molecular complexity index is 714. The van der Waals surface area contributed by atoms with Crippen LogP contribution in [0.2, 0.25) is 0 Å². The van der Waals surface area contributed by atoms with E-state index >= 15 is 0 Å². The maximum absolute atomic E-state index is 10.3. The fourth-order valence-corrected chi connectivity index (χ4v) is 3.06. The summed E-state index contributed by atoms with van der Waals surface area (Å²) in [6.07, 6.45) is 3.47. The van der Waals surface area contributed by atoms with Crippen molar-refractivity contribution in [3.8, 4) is 22.2 Å². The number of rotatable bonds is 5. The molecule has 0 amide bonds. The van der Waals surface area contributed by atoms with Gasteiger partial charge in [-0.3, -0.25) is 4.98 Å². The van der Waals surface area contributed by atoms with Crippen molar-refractivity contribution in [3.63, 3.8) is 0 Å². The van der Waals surface area contributed by atoms with E-state index in [2.05, 4.69) is 9.97 Å². The molecular weight excluding hydrogens is 290 g/mol. The molecule has 3 aromatic rings. The zero-order valence-corrected chi connectivity index (χ0v) is 12.6. The van der Waals surface area contributed by atoms with E-state index in [-0.39, 0.29) is 5.75 Å². The molecule has 0 bridgehead atoms. The van der Waals surface area contributed by atoms with Gasteiger partial charge in [-0.1, -0.05) is 11.3 Å². The number of hydrogen-bond donors (Lipinski definition) is 1. The largest absolute Gasteiger partial charge is 0.502 e. The van der Waals surface area contributed by atoms with Crippen molar-refractivity contribution in [2.24, 2.45) is 7.05 Å². The lowest BCUT2D eigenvalue weighted by atomic mass is 10.3. The molecule has 0 aliphatic rings. The number of aryl methyl sites for hydroxylation is 1. The van der Waals surface area contributed by atoms with Crippen molar-refractivity contribution in [2.75, 3.05) is 20.3 Å². The normalized spacial score (nSPS) is 11.1. The number of thiazole rings is 1. The van der Waals surface area contributed by atoms with Gasteiger partial charge in [0.25, 0.3) is 0 Å². The number of fused-ring (bicyclic) bond motifs is 1. The summed E-state index contributed by atoms with van der Waals surface area (Å²) in [6, 6.07) is 3.80. The van der Waals surface area contributed by atoms with Crippen molar-refractivity contribution < 1.29 is 14.6 Å². The van der Waals surface area contributed by atoms with Crippen LogP contribution in [0.5, 0.6) is 11.6 Å². The van der Waals surface area contributed by atoms with E-state index in [9.17, 15) is 5.11 Å². The second-order valence-electron chi connectivity index (χ2n) is 4.47. The predicted octanol–water partition coefficient (Wildman–Crippen LogP) is 2.43. The van der Waals surface area contributed by atoms with Crippen LogP contribution in [0, 0.1) is 0 Å². The van der Waals surface area contributed by atoms with Crippen molar-refractivity contribution in [1.82, 2.24) is 14.5 Å². The monoisotopic (exact) mass is 305 g/mol. The first kappa shape index (κ1) is 13.8. The van der Waals surface area contributed by atoms with Gasteiger partial charge in [-0.2, -0.15) is 0 Å². The van der Waals surface area contributed by atoms with Gasteiger partial charge in [0.2, 0.25) is 11.6 Å². The molecule has 0 saturated heterocycles. The summed E-state index contributed by atoms with van der Waals surface area (Å²) in [5.74, 6) is 0.480. The Morgan fingerprint density at radius 1 is 1.38 bits per heavy atom. The Morgan fingerprint density at radius 3 is 2.90 bits per heavy atom. The van der Waals surface area contributed by atoms with E-state index < -0.39 is 0 Å². The molecule has 0 radical (unpaired) electrons. The lowest BCUT2D eigenvalue weighted by Crippen LogP contribution is -2.06. The summed E-state index contributed by atoms with van der Waals surface area (Å²) in [4.78, 5) is 9.44. The molecule has 1 N–H and O–H groups in total. The zero-order valence-electron chi connectivity index (χ0n) is 11.7. The molecule has 3 rings (SSSR count). The SMILES string of the molecule is COCCOc1c(O)c2nc(-c3cccnc3)sc2n1C. The van der Waals surface area contributed by atoms with Crippen LogP contribution in [-0.4, -0.2) is 40.0 Å². The number of nitrogens with zero attached hydrogens (tertiary/aromatic N) is 3. The maximum atomic E-state index is 10.3. The van der Waals surface area contributed by atoms with Crippen LogP contribution in [0.25, 0.3) is 20.9 Å². The summed E-state index contributed by atoms with van der Waals surface area (Å²) >= 11 is 1.49. The van der Waals surface area contributed by atoms with Crippen molar-refractivity contribution >= 4 is 21.7 Å². The van der Waals surface area contributed by atoms with E-state index in [0.29, 0.717) is 24.6 Å². The molecule has 21 heavy (non-hydrogen) atoms. The van der Waals surface area contributed by atoms with E-state index in [0.717, 1.165) is 15.4 Å². The molecule has 0 spiro atoms. The molecule has 0 atom stereocenters. The summed E-state index contributed by atoms with van der Waals surface area (Å²) < 4.78 is 12.3. The maximum Gasteiger partial charge on any atom is 0.240 e. The Labute approximate surface area is 125 Å². The number of methoxy groups -OCH3 is 1. The van der Waals surface area contributed by atoms with Crippen LogP contribution in [0.15, 0.2) is 24.5 Å². The molecule has 6 nitrogen and oxygen atoms in total. The molecule has 0 fully saturated rings. The third-order valence-electron chi connectivity index (χ3n) is 3.08. The van der Waals surface area contributed by atoms with Gasteiger partial charge in [0, 0.05) is 32.1 Å². The van der Waals surface area contributed by atoms with Crippen molar-refractivity contribution in [3.05, 3.63) is 24.5 Å². The summed E-state index contributed by atoms with van der Waals surface area (Å²) in [7, 11) is 3.45. The minimum atomic E-state index is 0.0648. The average molecular weight is 305 g/mol. The molecule has 0 saturated carbocycles. The first-order chi connectivity index (χ1) is 10.2. The lowest BCUT2D eigenvalue weighted by molar-refractivity contribution is 0.140.